The number of carbonyl (C=O) groups excluding carboxylic acids is 1. The molecule has 0 unspecified atom stereocenters. The van der Waals surface area contributed by atoms with Crippen LogP contribution in [-0.2, 0) is 9.59 Å². The minimum Gasteiger partial charge on any atom is -0.477 e. The van der Waals surface area contributed by atoms with Gasteiger partial charge in [-0.2, -0.15) is 0 Å². The van der Waals surface area contributed by atoms with E-state index in [2.05, 4.69) is 24.4 Å². The van der Waals surface area contributed by atoms with Crippen LogP contribution in [0.4, 0.5) is 0 Å². The topological polar surface area (TPSA) is 66.4 Å². The van der Waals surface area contributed by atoms with Gasteiger partial charge in [-0.05, 0) is 32.1 Å². The Bertz CT molecular complexity index is 434. The molecule has 2 N–H and O–H groups in total. The molecule has 5 heteroatoms. The Morgan fingerprint density at radius 2 is 1.43 bits per heavy atom. The second kappa shape index (κ2) is 17.7. The summed E-state index contributed by atoms with van der Waals surface area (Å²) in [6, 6.07) is 0. The highest BCUT2D eigenvalue weighted by molar-refractivity contribution is 5.75. The molecule has 0 saturated heterocycles. The number of hydrogen-bond donors (Lipinski definition) is 2. The summed E-state index contributed by atoms with van der Waals surface area (Å²) in [5, 5.41) is 11.8. The zero-order chi connectivity index (χ0) is 21.1. The van der Waals surface area contributed by atoms with Gasteiger partial charge in [-0.15, -0.1) is 0 Å². The van der Waals surface area contributed by atoms with E-state index in [0.717, 1.165) is 25.8 Å². The lowest BCUT2D eigenvalue weighted by Gasteiger charge is -2.27. The van der Waals surface area contributed by atoms with Gasteiger partial charge in [-0.1, -0.05) is 57.6 Å². The highest BCUT2D eigenvalue weighted by atomic mass is 16.4. The average Bonchev–Trinajstić information content (AvgIpc) is 2.61. The molecule has 0 saturated carbocycles. The first-order valence-corrected chi connectivity index (χ1v) is 11.3. The van der Waals surface area contributed by atoms with Gasteiger partial charge in [0.25, 0.3) is 0 Å². The van der Waals surface area contributed by atoms with Crippen LogP contribution in [0.15, 0.2) is 12.2 Å². The van der Waals surface area contributed by atoms with Gasteiger partial charge in [0, 0.05) is 19.4 Å². The Kier molecular flexibility index (Phi) is 16.9. The maximum atomic E-state index is 11.8. The number of quaternary nitrogens is 1. The molecular formula is C23H45N2O3+. The maximum Gasteiger partial charge on any atom is 0.359 e. The summed E-state index contributed by atoms with van der Waals surface area (Å²) >= 11 is 0. The quantitative estimate of drug-likeness (QED) is 0.185. The minimum atomic E-state index is -0.785. The second-order valence-electron chi connectivity index (χ2n) is 8.54. The van der Waals surface area contributed by atoms with Crippen molar-refractivity contribution >= 4 is 11.9 Å². The zero-order valence-electron chi connectivity index (χ0n) is 18.7. The molecule has 0 aromatic carbocycles. The van der Waals surface area contributed by atoms with Crippen LogP contribution in [0.2, 0.25) is 0 Å². The molecule has 0 spiro atoms. The highest BCUT2D eigenvalue weighted by Gasteiger charge is 2.18. The van der Waals surface area contributed by atoms with Crippen LogP contribution in [0.1, 0.15) is 90.4 Å². The highest BCUT2D eigenvalue weighted by Crippen LogP contribution is 2.09. The van der Waals surface area contributed by atoms with E-state index in [1.54, 1.807) is 0 Å². The van der Waals surface area contributed by atoms with Crippen molar-refractivity contribution in [1.82, 2.24) is 5.32 Å². The number of rotatable bonds is 19. The number of nitrogens with one attached hydrogen (secondary N) is 1. The Balaban J connectivity index is 3.42. The predicted octanol–water partition coefficient (Wildman–Crippen LogP) is 4.91. The molecule has 28 heavy (non-hydrogen) atoms. The molecule has 164 valence electrons. The standard InChI is InChI=1S/C23H44N2O3/c1-4-5-6-7-8-9-10-11-12-13-14-15-16-18-22(26)24-19-17-20-25(2,3)21-23(27)28/h9-10H,4-8,11-21H2,1-3H3,(H-,24,26,27,28)/p+1. The van der Waals surface area contributed by atoms with E-state index in [1.807, 2.05) is 14.1 Å². The van der Waals surface area contributed by atoms with Crippen molar-refractivity contribution in [3.63, 3.8) is 0 Å². The van der Waals surface area contributed by atoms with Crippen molar-refractivity contribution in [3.8, 4) is 0 Å². The van der Waals surface area contributed by atoms with E-state index in [9.17, 15) is 9.59 Å². The fourth-order valence-electron chi connectivity index (χ4n) is 3.27. The number of carboxylic acids is 1. The Morgan fingerprint density at radius 1 is 0.857 bits per heavy atom. The Labute approximate surface area is 173 Å². The van der Waals surface area contributed by atoms with Crippen LogP contribution >= 0.6 is 0 Å². The molecule has 1 amide bonds. The van der Waals surface area contributed by atoms with Gasteiger partial charge in [0.1, 0.15) is 0 Å². The molecule has 0 atom stereocenters. The van der Waals surface area contributed by atoms with E-state index in [0.29, 0.717) is 17.4 Å². The van der Waals surface area contributed by atoms with Gasteiger partial charge in [0.15, 0.2) is 6.54 Å². The van der Waals surface area contributed by atoms with Crippen molar-refractivity contribution in [2.24, 2.45) is 0 Å². The third-order valence-electron chi connectivity index (χ3n) is 4.99. The van der Waals surface area contributed by atoms with Gasteiger partial charge >= 0.3 is 5.97 Å². The number of nitrogens with zero attached hydrogens (tertiary/aromatic N) is 1. The second-order valence-corrected chi connectivity index (χ2v) is 8.54. The van der Waals surface area contributed by atoms with E-state index < -0.39 is 5.97 Å². The number of carbonyl (C=O) groups is 2. The SMILES string of the molecule is CCCCCCC=CCCCCCCCC(=O)NCCC[N+](C)(C)CC(=O)O. The molecule has 0 aliphatic carbocycles. The normalized spacial score (nSPS) is 11.8. The molecule has 0 aliphatic heterocycles. The summed E-state index contributed by atoms with van der Waals surface area (Å²) in [4.78, 5) is 22.6. The summed E-state index contributed by atoms with van der Waals surface area (Å²) in [6.45, 7) is 3.74. The molecule has 5 nitrogen and oxygen atoms in total. The molecule has 0 bridgehead atoms. The van der Waals surface area contributed by atoms with Crippen LogP contribution < -0.4 is 5.32 Å². The van der Waals surface area contributed by atoms with Gasteiger partial charge in [-0.25, -0.2) is 4.79 Å². The predicted molar refractivity (Wildman–Crippen MR) is 117 cm³/mol. The molecule has 0 heterocycles. The summed E-state index contributed by atoms with van der Waals surface area (Å²) < 4.78 is 0.444. The van der Waals surface area contributed by atoms with E-state index in [4.69, 9.17) is 5.11 Å². The first-order valence-electron chi connectivity index (χ1n) is 11.3. The monoisotopic (exact) mass is 397 g/mol. The Morgan fingerprint density at radius 3 is 2.04 bits per heavy atom. The number of amides is 1. The van der Waals surface area contributed by atoms with Crippen LogP contribution in [0.5, 0.6) is 0 Å². The fraction of sp³-hybridized carbons (Fsp3) is 0.826. The number of allylic oxidation sites excluding steroid dienone is 2. The van der Waals surface area contributed by atoms with Crippen LogP contribution in [0, 0.1) is 0 Å². The maximum absolute atomic E-state index is 11.8. The summed E-state index contributed by atoms with van der Waals surface area (Å²) in [6.07, 6.45) is 19.6. The lowest BCUT2D eigenvalue weighted by molar-refractivity contribution is -0.883. The average molecular weight is 398 g/mol. The van der Waals surface area contributed by atoms with E-state index in [-0.39, 0.29) is 12.5 Å². The molecular weight excluding hydrogens is 352 g/mol. The van der Waals surface area contributed by atoms with Gasteiger partial charge < -0.3 is 14.9 Å². The van der Waals surface area contributed by atoms with Crippen molar-refractivity contribution in [2.45, 2.75) is 90.4 Å². The summed E-state index contributed by atoms with van der Waals surface area (Å²) in [5.41, 5.74) is 0. The first-order chi connectivity index (χ1) is 13.4. The van der Waals surface area contributed by atoms with Crippen LogP contribution in [0.25, 0.3) is 0 Å². The number of hydrogen-bond acceptors (Lipinski definition) is 2. The molecule has 0 aromatic rings. The molecule has 0 fully saturated rings. The largest absolute Gasteiger partial charge is 0.477 e. The smallest absolute Gasteiger partial charge is 0.359 e. The lowest BCUT2D eigenvalue weighted by Crippen LogP contribution is -2.45. The van der Waals surface area contributed by atoms with Gasteiger partial charge in [-0.3, -0.25) is 4.79 Å². The Hall–Kier alpha value is -1.36. The van der Waals surface area contributed by atoms with Crippen molar-refractivity contribution in [2.75, 3.05) is 33.7 Å². The lowest BCUT2D eigenvalue weighted by atomic mass is 10.1. The number of likely N-dealkylation sites (N-methyl/N-ethyl adjacent to an activating group) is 1. The van der Waals surface area contributed by atoms with E-state index >= 15 is 0 Å². The summed E-state index contributed by atoms with van der Waals surface area (Å²) in [5.74, 6) is -0.665. The number of carboxylic acid groups (broad SMARTS) is 1. The van der Waals surface area contributed by atoms with E-state index in [1.165, 1.54) is 57.8 Å². The van der Waals surface area contributed by atoms with Crippen LogP contribution in [0.3, 0.4) is 0 Å². The molecule has 0 aliphatic rings. The third kappa shape index (κ3) is 19.4. The van der Waals surface area contributed by atoms with Crippen molar-refractivity contribution < 1.29 is 19.2 Å². The van der Waals surface area contributed by atoms with Crippen LogP contribution in [-0.4, -0.2) is 55.2 Å². The zero-order valence-corrected chi connectivity index (χ0v) is 18.7. The number of unbranched alkanes of at least 4 members (excludes halogenated alkanes) is 9. The molecule has 0 radical (unpaired) electrons. The molecule has 0 rings (SSSR count). The number of aliphatic carboxylic acids is 1. The van der Waals surface area contributed by atoms with Crippen molar-refractivity contribution in [1.29, 1.82) is 0 Å². The van der Waals surface area contributed by atoms with Crippen molar-refractivity contribution in [3.05, 3.63) is 12.2 Å². The van der Waals surface area contributed by atoms with Gasteiger partial charge in [0.05, 0.1) is 20.6 Å². The summed E-state index contributed by atoms with van der Waals surface area (Å²) in [7, 11) is 3.80. The minimum absolute atomic E-state index is 0.114. The fourth-order valence-corrected chi connectivity index (χ4v) is 3.27. The third-order valence-corrected chi connectivity index (χ3v) is 4.99. The first kappa shape index (κ1) is 26.6. The van der Waals surface area contributed by atoms with Gasteiger partial charge in [0.2, 0.25) is 5.91 Å². The molecule has 0 aromatic heterocycles.